The first-order chi connectivity index (χ1) is 5.66. The van der Waals surface area contributed by atoms with Gasteiger partial charge in [-0.05, 0) is 11.5 Å². The Morgan fingerprint density at radius 1 is 1.42 bits per heavy atom. The number of hydrogen-bond donors (Lipinski definition) is 1. The molecule has 0 unspecified atom stereocenters. The number of pyridine rings is 1. The highest BCUT2D eigenvalue weighted by atomic mass is 35.5. The molecule has 0 saturated heterocycles. The van der Waals surface area contributed by atoms with Gasteiger partial charge in [0.25, 0.3) is 0 Å². The molecule has 1 aromatic rings. The Bertz CT molecular complexity index is 271. The van der Waals surface area contributed by atoms with Crippen molar-refractivity contribution in [1.82, 2.24) is 4.98 Å². The molecule has 0 spiro atoms. The molecule has 3 heteroatoms. The lowest BCUT2D eigenvalue weighted by Crippen LogP contribution is -1.98. The van der Waals surface area contributed by atoms with Gasteiger partial charge in [0.1, 0.15) is 0 Å². The van der Waals surface area contributed by atoms with E-state index in [0.717, 1.165) is 11.3 Å². The molecule has 66 valence electrons. The Labute approximate surface area is 78.0 Å². The van der Waals surface area contributed by atoms with Gasteiger partial charge in [-0.1, -0.05) is 25.4 Å². The van der Waals surface area contributed by atoms with E-state index in [0.29, 0.717) is 10.9 Å². The van der Waals surface area contributed by atoms with Gasteiger partial charge in [-0.15, -0.1) is 0 Å². The Kier molecular flexibility index (Phi) is 2.93. The molecule has 1 aromatic heterocycles. The molecule has 0 radical (unpaired) electrons. The Hall–Kier alpha value is -0.760. The van der Waals surface area contributed by atoms with Crippen LogP contribution in [0.2, 0.25) is 5.02 Å². The monoisotopic (exact) mass is 184 g/mol. The van der Waals surface area contributed by atoms with Crippen molar-refractivity contribution in [3.8, 4) is 0 Å². The summed E-state index contributed by atoms with van der Waals surface area (Å²) in [5.41, 5.74) is 2.15. The maximum Gasteiger partial charge on any atom is 0.0823 e. The molecule has 12 heavy (non-hydrogen) atoms. The number of rotatable bonds is 2. The molecule has 1 rings (SSSR count). The van der Waals surface area contributed by atoms with Crippen molar-refractivity contribution in [2.45, 2.75) is 19.8 Å². The van der Waals surface area contributed by atoms with Gasteiger partial charge in [0, 0.05) is 19.4 Å². The van der Waals surface area contributed by atoms with Crippen LogP contribution >= 0.6 is 11.6 Å². The van der Waals surface area contributed by atoms with Gasteiger partial charge >= 0.3 is 0 Å². The third-order valence-corrected chi connectivity index (χ3v) is 2.09. The summed E-state index contributed by atoms with van der Waals surface area (Å²) in [7, 11) is 1.87. The molecule has 0 bridgehead atoms. The molecule has 2 nitrogen and oxygen atoms in total. The fourth-order valence-corrected chi connectivity index (χ4v) is 1.41. The largest absolute Gasteiger partial charge is 0.387 e. The van der Waals surface area contributed by atoms with Crippen LogP contribution in [0.1, 0.15) is 25.3 Å². The molecule has 1 N–H and O–H groups in total. The number of nitrogens with one attached hydrogen (secondary N) is 1. The predicted molar refractivity (Wildman–Crippen MR) is 52.9 cm³/mol. The lowest BCUT2D eigenvalue weighted by atomic mass is 10.0. The molecule has 0 atom stereocenters. The molecule has 0 saturated carbocycles. The van der Waals surface area contributed by atoms with Crippen molar-refractivity contribution >= 4 is 17.3 Å². The molecule has 0 aromatic carbocycles. The van der Waals surface area contributed by atoms with Gasteiger partial charge in [0.15, 0.2) is 0 Å². The van der Waals surface area contributed by atoms with Crippen LogP contribution < -0.4 is 5.32 Å². The van der Waals surface area contributed by atoms with E-state index in [-0.39, 0.29) is 0 Å². The highest BCUT2D eigenvalue weighted by Crippen LogP contribution is 2.29. The second-order valence-electron chi connectivity index (χ2n) is 2.99. The average Bonchev–Trinajstić information content (AvgIpc) is 2.03. The quantitative estimate of drug-likeness (QED) is 0.765. The van der Waals surface area contributed by atoms with Crippen LogP contribution in [0.4, 0.5) is 5.69 Å². The minimum Gasteiger partial charge on any atom is -0.387 e. The lowest BCUT2D eigenvalue weighted by Gasteiger charge is -2.12. The van der Waals surface area contributed by atoms with Gasteiger partial charge in [0.2, 0.25) is 0 Å². The molecule has 0 fully saturated rings. The van der Waals surface area contributed by atoms with Crippen molar-refractivity contribution < 1.29 is 0 Å². The summed E-state index contributed by atoms with van der Waals surface area (Å²) in [4.78, 5) is 4.04. The molecule has 1 heterocycles. The Balaban J connectivity index is 3.18. The zero-order valence-corrected chi connectivity index (χ0v) is 8.31. The zero-order valence-electron chi connectivity index (χ0n) is 7.56. The number of aromatic nitrogens is 1. The van der Waals surface area contributed by atoms with Gasteiger partial charge in [-0.3, -0.25) is 4.98 Å². The molecule has 0 aliphatic heterocycles. The second-order valence-corrected chi connectivity index (χ2v) is 3.40. The maximum absolute atomic E-state index is 5.95. The number of hydrogen-bond acceptors (Lipinski definition) is 2. The predicted octanol–water partition coefficient (Wildman–Crippen LogP) is 2.90. The lowest BCUT2D eigenvalue weighted by molar-refractivity contribution is 0.860. The summed E-state index contributed by atoms with van der Waals surface area (Å²) in [5, 5.41) is 3.76. The number of anilines is 1. The van der Waals surface area contributed by atoms with E-state index in [1.54, 1.807) is 6.20 Å². The van der Waals surface area contributed by atoms with E-state index in [1.807, 2.05) is 13.2 Å². The Morgan fingerprint density at radius 2 is 2.08 bits per heavy atom. The molecule has 0 aliphatic carbocycles. The first kappa shape index (κ1) is 9.33. The van der Waals surface area contributed by atoms with Crippen LogP contribution in [-0.2, 0) is 0 Å². The van der Waals surface area contributed by atoms with E-state index < -0.39 is 0 Å². The summed E-state index contributed by atoms with van der Waals surface area (Å²) in [6, 6.07) is 0. The van der Waals surface area contributed by atoms with Crippen molar-refractivity contribution in [2.24, 2.45) is 0 Å². The van der Waals surface area contributed by atoms with Crippen LogP contribution in [0.5, 0.6) is 0 Å². The van der Waals surface area contributed by atoms with Crippen molar-refractivity contribution in [2.75, 3.05) is 12.4 Å². The van der Waals surface area contributed by atoms with E-state index >= 15 is 0 Å². The maximum atomic E-state index is 5.95. The number of halogens is 1. The van der Waals surface area contributed by atoms with E-state index in [1.165, 1.54) is 0 Å². The van der Waals surface area contributed by atoms with Crippen molar-refractivity contribution in [3.63, 3.8) is 0 Å². The van der Waals surface area contributed by atoms with E-state index in [9.17, 15) is 0 Å². The van der Waals surface area contributed by atoms with E-state index in [2.05, 4.69) is 24.1 Å². The summed E-state index contributed by atoms with van der Waals surface area (Å²) < 4.78 is 0. The minimum absolute atomic E-state index is 0.443. The SMILES string of the molecule is CNc1c(Cl)cncc1C(C)C. The highest BCUT2D eigenvalue weighted by Gasteiger charge is 2.08. The topological polar surface area (TPSA) is 24.9 Å². The highest BCUT2D eigenvalue weighted by molar-refractivity contribution is 6.33. The van der Waals surface area contributed by atoms with Crippen molar-refractivity contribution in [3.05, 3.63) is 23.0 Å². The standard InChI is InChI=1S/C9H13ClN2/c1-6(2)7-4-12-5-8(10)9(7)11-3/h4-6H,1-3H3,(H,11,12). The average molecular weight is 185 g/mol. The fourth-order valence-electron chi connectivity index (χ4n) is 1.15. The normalized spacial score (nSPS) is 10.4. The summed E-state index contributed by atoms with van der Waals surface area (Å²) >= 11 is 5.95. The van der Waals surface area contributed by atoms with Crippen molar-refractivity contribution in [1.29, 1.82) is 0 Å². The molecular formula is C9H13ClN2. The van der Waals surface area contributed by atoms with Crippen LogP contribution in [0.3, 0.4) is 0 Å². The van der Waals surface area contributed by atoms with Gasteiger partial charge in [-0.2, -0.15) is 0 Å². The Morgan fingerprint density at radius 3 is 2.50 bits per heavy atom. The molecule has 0 amide bonds. The zero-order chi connectivity index (χ0) is 9.14. The van der Waals surface area contributed by atoms with Crippen LogP contribution in [-0.4, -0.2) is 12.0 Å². The third kappa shape index (κ3) is 1.69. The first-order valence-corrected chi connectivity index (χ1v) is 4.35. The number of nitrogens with zero attached hydrogens (tertiary/aromatic N) is 1. The third-order valence-electron chi connectivity index (χ3n) is 1.80. The first-order valence-electron chi connectivity index (χ1n) is 3.98. The van der Waals surface area contributed by atoms with Gasteiger partial charge in [0.05, 0.1) is 10.7 Å². The molecule has 0 aliphatic rings. The van der Waals surface area contributed by atoms with Crippen LogP contribution in [0.15, 0.2) is 12.4 Å². The minimum atomic E-state index is 0.443. The summed E-state index contributed by atoms with van der Waals surface area (Å²) in [6.07, 6.45) is 3.50. The van der Waals surface area contributed by atoms with E-state index in [4.69, 9.17) is 11.6 Å². The smallest absolute Gasteiger partial charge is 0.0823 e. The fraction of sp³-hybridized carbons (Fsp3) is 0.444. The van der Waals surface area contributed by atoms with Crippen LogP contribution in [0, 0.1) is 0 Å². The van der Waals surface area contributed by atoms with Crippen LogP contribution in [0.25, 0.3) is 0 Å². The summed E-state index contributed by atoms with van der Waals surface area (Å²) in [6.45, 7) is 4.24. The summed E-state index contributed by atoms with van der Waals surface area (Å²) in [5.74, 6) is 0.443. The second kappa shape index (κ2) is 3.76. The molecular weight excluding hydrogens is 172 g/mol. The van der Waals surface area contributed by atoms with Gasteiger partial charge in [-0.25, -0.2) is 0 Å². The van der Waals surface area contributed by atoms with Gasteiger partial charge < -0.3 is 5.32 Å².